The molecule has 0 atom stereocenters. The summed E-state index contributed by atoms with van der Waals surface area (Å²) in [5, 5.41) is 0. The van der Waals surface area contributed by atoms with Crippen LogP contribution in [0.25, 0.3) is 11.3 Å². The maximum absolute atomic E-state index is 12.7. The molecule has 1 aromatic heterocycles. The fraction of sp³-hybridized carbons (Fsp3) is 0. The second kappa shape index (κ2) is 5.91. The van der Waals surface area contributed by atoms with Crippen LogP contribution in [0, 0.1) is 4.77 Å². The minimum Gasteiger partial charge on any atom is -0.331 e. The first kappa shape index (κ1) is 14.2. The molecule has 0 spiro atoms. The summed E-state index contributed by atoms with van der Waals surface area (Å²) in [6, 6.07) is 17.9. The predicted molar refractivity (Wildman–Crippen MR) is 87.6 cm³/mol. The van der Waals surface area contributed by atoms with Crippen molar-refractivity contribution in [2.24, 2.45) is 0 Å². The van der Waals surface area contributed by atoms with Crippen molar-refractivity contribution in [3.05, 3.63) is 86.9 Å². The predicted octanol–water partition coefficient (Wildman–Crippen LogP) is 3.33. The van der Waals surface area contributed by atoms with Crippen molar-refractivity contribution in [2.75, 3.05) is 0 Å². The normalized spacial score (nSPS) is 10.4. The highest BCUT2D eigenvalue weighted by atomic mass is 32.1. The number of carbonyl (C=O) groups excluding carboxylic acids is 1. The van der Waals surface area contributed by atoms with Gasteiger partial charge in [0, 0.05) is 5.56 Å². The Morgan fingerprint density at radius 3 is 2.09 bits per heavy atom. The molecule has 0 bridgehead atoms. The van der Waals surface area contributed by atoms with Crippen LogP contribution < -0.4 is 5.56 Å². The average Bonchev–Trinajstić information content (AvgIpc) is 2.55. The van der Waals surface area contributed by atoms with Gasteiger partial charge in [0.05, 0.1) is 5.69 Å². The van der Waals surface area contributed by atoms with Gasteiger partial charge in [0.25, 0.3) is 5.56 Å². The summed E-state index contributed by atoms with van der Waals surface area (Å²) in [7, 11) is 0. The van der Waals surface area contributed by atoms with Gasteiger partial charge in [-0.25, -0.2) is 0 Å². The van der Waals surface area contributed by atoms with Crippen molar-refractivity contribution < 1.29 is 4.79 Å². The molecule has 0 saturated heterocycles. The van der Waals surface area contributed by atoms with Crippen LogP contribution in [0.15, 0.2) is 65.5 Å². The third-order valence-corrected chi connectivity index (χ3v) is 3.47. The first-order chi connectivity index (χ1) is 10.7. The minimum absolute atomic E-state index is 0.0611. The topological polar surface area (TPSA) is 65.7 Å². The van der Waals surface area contributed by atoms with E-state index in [1.807, 2.05) is 36.4 Å². The van der Waals surface area contributed by atoms with Crippen LogP contribution in [-0.4, -0.2) is 15.8 Å². The fourth-order valence-electron chi connectivity index (χ4n) is 2.26. The number of benzene rings is 2. The largest absolute Gasteiger partial charge is 0.331 e. The number of carbonyl (C=O) groups is 1. The van der Waals surface area contributed by atoms with E-state index in [9.17, 15) is 9.59 Å². The van der Waals surface area contributed by atoms with Gasteiger partial charge in [-0.05, 0) is 17.8 Å². The Balaban J connectivity index is 2.26. The molecule has 0 radical (unpaired) electrons. The maximum atomic E-state index is 12.7. The summed E-state index contributed by atoms with van der Waals surface area (Å²) in [4.78, 5) is 30.4. The van der Waals surface area contributed by atoms with Gasteiger partial charge in [-0.1, -0.05) is 60.7 Å². The first-order valence-corrected chi connectivity index (χ1v) is 7.09. The van der Waals surface area contributed by atoms with Crippen molar-refractivity contribution >= 4 is 18.0 Å². The number of aromatic nitrogens is 2. The summed E-state index contributed by atoms with van der Waals surface area (Å²) in [5.41, 5.74) is 1.19. The second-order valence-corrected chi connectivity index (χ2v) is 5.13. The van der Waals surface area contributed by atoms with E-state index in [-0.39, 0.29) is 16.1 Å². The number of ketones is 1. The van der Waals surface area contributed by atoms with Gasteiger partial charge in [-0.3, -0.25) is 14.6 Å². The van der Waals surface area contributed by atoms with Gasteiger partial charge in [-0.2, -0.15) is 0 Å². The van der Waals surface area contributed by atoms with Gasteiger partial charge in [0.15, 0.2) is 4.77 Å². The molecule has 108 valence electrons. The molecular formula is C17H12N2O2S. The minimum atomic E-state index is -0.489. The summed E-state index contributed by atoms with van der Waals surface area (Å²) in [6.07, 6.45) is 0. The van der Waals surface area contributed by atoms with E-state index in [2.05, 4.69) is 9.97 Å². The third kappa shape index (κ3) is 2.66. The Kier molecular flexibility index (Phi) is 3.80. The number of rotatable bonds is 3. The molecule has 0 aliphatic rings. The zero-order chi connectivity index (χ0) is 15.5. The van der Waals surface area contributed by atoms with Gasteiger partial charge in [0.2, 0.25) is 5.78 Å². The van der Waals surface area contributed by atoms with Crippen molar-refractivity contribution in [1.29, 1.82) is 0 Å². The Morgan fingerprint density at radius 1 is 0.864 bits per heavy atom. The molecular weight excluding hydrogens is 296 g/mol. The lowest BCUT2D eigenvalue weighted by atomic mass is 9.99. The van der Waals surface area contributed by atoms with Crippen LogP contribution in [0.2, 0.25) is 0 Å². The molecule has 0 aliphatic heterocycles. The van der Waals surface area contributed by atoms with Gasteiger partial charge >= 0.3 is 0 Å². The highest BCUT2D eigenvalue weighted by Gasteiger charge is 2.19. The van der Waals surface area contributed by atoms with Crippen LogP contribution in [0.5, 0.6) is 0 Å². The Labute approximate surface area is 131 Å². The standard InChI is InChI=1S/C17H12N2O2S/c20-15(12-9-5-2-6-10-12)13-14(11-7-3-1-4-8-11)18-17(22)19-16(13)21/h1-10H,(H2,18,19,21,22). The zero-order valence-corrected chi connectivity index (χ0v) is 12.3. The SMILES string of the molecule is O=C(c1ccccc1)c1c(-c2ccccc2)[nH]c(=S)[nH]c1=O. The molecule has 1 heterocycles. The second-order valence-electron chi connectivity index (χ2n) is 4.72. The fourth-order valence-corrected chi connectivity index (χ4v) is 2.45. The van der Waals surface area contributed by atoms with E-state index in [1.165, 1.54) is 0 Å². The van der Waals surface area contributed by atoms with Crippen LogP contribution in [-0.2, 0) is 0 Å². The molecule has 0 aliphatic carbocycles. The van der Waals surface area contributed by atoms with Crippen molar-refractivity contribution in [1.82, 2.24) is 9.97 Å². The van der Waals surface area contributed by atoms with Crippen molar-refractivity contribution in [2.45, 2.75) is 0 Å². The van der Waals surface area contributed by atoms with Gasteiger partial charge < -0.3 is 4.98 Å². The van der Waals surface area contributed by atoms with E-state index in [0.717, 1.165) is 5.56 Å². The molecule has 3 aromatic rings. The third-order valence-electron chi connectivity index (χ3n) is 3.27. The number of hydrogen-bond donors (Lipinski definition) is 2. The molecule has 0 fully saturated rings. The smallest absolute Gasteiger partial charge is 0.263 e. The first-order valence-electron chi connectivity index (χ1n) is 6.68. The molecule has 2 aromatic carbocycles. The van der Waals surface area contributed by atoms with E-state index in [1.54, 1.807) is 24.3 Å². The number of nitrogens with one attached hydrogen (secondary N) is 2. The van der Waals surface area contributed by atoms with Crippen LogP contribution in [0.1, 0.15) is 15.9 Å². The summed E-state index contributed by atoms with van der Waals surface area (Å²) in [5.74, 6) is -0.341. The molecule has 5 heteroatoms. The summed E-state index contributed by atoms with van der Waals surface area (Å²) in [6.45, 7) is 0. The molecule has 0 unspecified atom stereocenters. The Bertz CT molecular complexity index is 928. The van der Waals surface area contributed by atoms with Crippen LogP contribution >= 0.6 is 12.2 Å². The lowest BCUT2D eigenvalue weighted by molar-refractivity contribution is 0.103. The maximum Gasteiger partial charge on any atom is 0.263 e. The average molecular weight is 308 g/mol. The zero-order valence-electron chi connectivity index (χ0n) is 11.5. The molecule has 0 saturated carbocycles. The highest BCUT2D eigenvalue weighted by Crippen LogP contribution is 2.20. The van der Waals surface area contributed by atoms with Crippen LogP contribution in [0.4, 0.5) is 0 Å². The lowest BCUT2D eigenvalue weighted by Gasteiger charge is -2.08. The monoisotopic (exact) mass is 308 g/mol. The highest BCUT2D eigenvalue weighted by molar-refractivity contribution is 7.71. The van der Waals surface area contributed by atoms with E-state index in [0.29, 0.717) is 11.3 Å². The molecule has 4 nitrogen and oxygen atoms in total. The van der Waals surface area contributed by atoms with Gasteiger partial charge in [0.1, 0.15) is 5.56 Å². The van der Waals surface area contributed by atoms with E-state index < -0.39 is 5.56 Å². The van der Waals surface area contributed by atoms with E-state index >= 15 is 0 Å². The lowest BCUT2D eigenvalue weighted by Crippen LogP contribution is -2.21. The summed E-state index contributed by atoms with van der Waals surface area (Å²) >= 11 is 5.03. The summed E-state index contributed by atoms with van der Waals surface area (Å²) < 4.78 is 0.188. The molecule has 0 amide bonds. The van der Waals surface area contributed by atoms with Crippen molar-refractivity contribution in [3.63, 3.8) is 0 Å². The number of hydrogen-bond acceptors (Lipinski definition) is 3. The van der Waals surface area contributed by atoms with E-state index in [4.69, 9.17) is 12.2 Å². The van der Waals surface area contributed by atoms with Gasteiger partial charge in [-0.15, -0.1) is 0 Å². The number of H-pyrrole nitrogens is 2. The van der Waals surface area contributed by atoms with Crippen molar-refractivity contribution in [3.8, 4) is 11.3 Å². The number of aromatic amines is 2. The van der Waals surface area contributed by atoms with Crippen LogP contribution in [0.3, 0.4) is 0 Å². The Hall–Kier alpha value is -2.79. The molecule has 2 N–H and O–H groups in total. The quantitative estimate of drug-likeness (QED) is 0.576. The Morgan fingerprint density at radius 2 is 1.45 bits per heavy atom. The molecule has 22 heavy (non-hydrogen) atoms. The molecule has 3 rings (SSSR count).